The molecule has 0 saturated heterocycles. The molecule has 0 spiro atoms. The van der Waals surface area contributed by atoms with Gasteiger partial charge in [-0.05, 0) is 12.8 Å². The molecule has 0 amide bonds. The molecule has 114 valence electrons. The van der Waals surface area contributed by atoms with Crippen molar-refractivity contribution in [3.63, 3.8) is 0 Å². The van der Waals surface area contributed by atoms with Crippen molar-refractivity contribution >= 4 is 32.0 Å². The largest absolute Gasteiger partial charge is 0.385 e. The van der Waals surface area contributed by atoms with Crippen LogP contribution in [-0.2, 0) is 10.0 Å². The van der Waals surface area contributed by atoms with Gasteiger partial charge in [0, 0.05) is 12.1 Å². The minimum Gasteiger partial charge on any atom is -0.385 e. The lowest BCUT2D eigenvalue weighted by Gasteiger charge is -2.21. The highest BCUT2D eigenvalue weighted by Crippen LogP contribution is 2.34. The first kappa shape index (κ1) is 16.9. The molecule has 0 fully saturated rings. The maximum absolute atomic E-state index is 12.2. The molecule has 1 aromatic rings. The van der Waals surface area contributed by atoms with Crippen molar-refractivity contribution in [2.75, 3.05) is 5.73 Å². The van der Waals surface area contributed by atoms with Gasteiger partial charge in [0.1, 0.15) is 4.21 Å². The quantitative estimate of drug-likeness (QED) is 0.590. The van der Waals surface area contributed by atoms with Crippen LogP contribution >= 0.6 is 11.3 Å². The van der Waals surface area contributed by atoms with Crippen LogP contribution < -0.4 is 10.5 Å². The molecule has 0 aliphatic carbocycles. The molecule has 0 radical (unpaired) electrons. The van der Waals surface area contributed by atoms with E-state index < -0.39 is 14.9 Å². The lowest BCUT2D eigenvalue weighted by Crippen LogP contribution is -2.37. The first-order valence-electron chi connectivity index (χ1n) is 6.28. The summed E-state index contributed by atoms with van der Waals surface area (Å²) in [7, 11) is -3.78. The van der Waals surface area contributed by atoms with Crippen LogP contribution in [0.5, 0.6) is 0 Å². The van der Waals surface area contributed by atoms with E-state index in [0.717, 1.165) is 18.9 Å². The molecular weight excluding hydrogens is 302 g/mol. The Morgan fingerprint density at radius 3 is 2.40 bits per heavy atom. The third kappa shape index (κ3) is 3.68. The Morgan fingerprint density at radius 2 is 2.00 bits per heavy atom. The SMILES string of the molecule is CCC(CC)C(C)NS(=O)(=O)c1cc([N+](=O)[O-])c(N)s1. The van der Waals surface area contributed by atoms with Crippen molar-refractivity contribution in [3.05, 3.63) is 16.2 Å². The summed E-state index contributed by atoms with van der Waals surface area (Å²) in [6.45, 7) is 5.78. The lowest BCUT2D eigenvalue weighted by molar-refractivity contribution is -0.383. The minimum atomic E-state index is -3.78. The Morgan fingerprint density at radius 1 is 1.45 bits per heavy atom. The Hall–Kier alpha value is -1.19. The highest BCUT2D eigenvalue weighted by Gasteiger charge is 2.27. The van der Waals surface area contributed by atoms with Crippen LogP contribution in [0.3, 0.4) is 0 Å². The Bertz CT molecular complexity index is 578. The molecule has 1 heterocycles. The molecule has 0 aliphatic rings. The number of nitrogen functional groups attached to an aromatic ring is 1. The molecule has 0 aromatic carbocycles. The van der Waals surface area contributed by atoms with Crippen LogP contribution in [0, 0.1) is 16.0 Å². The monoisotopic (exact) mass is 321 g/mol. The average molecular weight is 321 g/mol. The zero-order valence-electron chi connectivity index (χ0n) is 11.6. The smallest absolute Gasteiger partial charge is 0.304 e. The summed E-state index contributed by atoms with van der Waals surface area (Å²) in [6, 6.07) is 0.763. The first-order chi connectivity index (χ1) is 9.22. The highest BCUT2D eigenvalue weighted by molar-refractivity contribution is 7.91. The number of sulfonamides is 1. The summed E-state index contributed by atoms with van der Waals surface area (Å²) in [5, 5.41) is 10.6. The summed E-state index contributed by atoms with van der Waals surface area (Å²) in [4.78, 5) is 10.0. The number of hydrogen-bond donors (Lipinski definition) is 2. The van der Waals surface area contributed by atoms with Crippen molar-refractivity contribution in [2.24, 2.45) is 5.92 Å². The van der Waals surface area contributed by atoms with Crippen LogP contribution in [0.4, 0.5) is 10.7 Å². The second-order valence-corrected chi connectivity index (χ2v) is 7.58. The van der Waals surface area contributed by atoms with Crippen LogP contribution in [0.2, 0.25) is 0 Å². The van der Waals surface area contributed by atoms with Gasteiger partial charge in [0.2, 0.25) is 0 Å². The number of thiophene rings is 1. The average Bonchev–Trinajstić information content (AvgIpc) is 2.73. The van der Waals surface area contributed by atoms with Crippen molar-refractivity contribution in [1.29, 1.82) is 0 Å². The third-order valence-electron chi connectivity index (χ3n) is 3.28. The first-order valence-corrected chi connectivity index (χ1v) is 8.58. The molecule has 1 atom stereocenters. The molecule has 1 aromatic heterocycles. The standard InChI is InChI=1S/C11H19N3O4S2/c1-4-8(5-2)7(3)13-20(17,18)10-6-9(14(15)16)11(12)19-10/h6-8,13H,4-5,12H2,1-3H3. The number of nitrogens with zero attached hydrogens (tertiary/aromatic N) is 1. The summed E-state index contributed by atoms with van der Waals surface area (Å²) < 4.78 is 26.8. The zero-order chi connectivity index (χ0) is 15.5. The molecule has 3 N–H and O–H groups in total. The van der Waals surface area contributed by atoms with Gasteiger partial charge in [-0.1, -0.05) is 38.0 Å². The normalized spacial score (nSPS) is 13.6. The fourth-order valence-electron chi connectivity index (χ4n) is 2.04. The van der Waals surface area contributed by atoms with E-state index in [1.807, 2.05) is 13.8 Å². The van der Waals surface area contributed by atoms with Crippen molar-refractivity contribution in [3.8, 4) is 0 Å². The molecule has 1 unspecified atom stereocenters. The van der Waals surface area contributed by atoms with Crippen LogP contribution in [0.25, 0.3) is 0 Å². The van der Waals surface area contributed by atoms with Gasteiger partial charge in [-0.2, -0.15) is 0 Å². The Labute approximate surface area is 122 Å². The number of hydrogen-bond acceptors (Lipinski definition) is 6. The van der Waals surface area contributed by atoms with Gasteiger partial charge in [-0.15, -0.1) is 0 Å². The molecule has 1 rings (SSSR count). The predicted molar refractivity (Wildman–Crippen MR) is 79.2 cm³/mol. The summed E-state index contributed by atoms with van der Waals surface area (Å²) in [5.74, 6) is 0.220. The maximum atomic E-state index is 12.2. The predicted octanol–water partition coefficient (Wildman–Crippen LogP) is 2.34. The van der Waals surface area contributed by atoms with E-state index in [1.54, 1.807) is 6.92 Å². The molecule has 0 aliphatic heterocycles. The molecule has 0 bridgehead atoms. The molecule has 0 saturated carbocycles. The fraction of sp³-hybridized carbons (Fsp3) is 0.636. The molecular formula is C11H19N3O4S2. The van der Waals surface area contributed by atoms with E-state index in [-0.39, 0.29) is 26.9 Å². The third-order valence-corrected chi connectivity index (χ3v) is 6.26. The number of rotatable bonds is 7. The van der Waals surface area contributed by atoms with Crippen LogP contribution in [0.15, 0.2) is 10.3 Å². The van der Waals surface area contributed by atoms with Crippen LogP contribution in [0.1, 0.15) is 33.6 Å². The Balaban J connectivity index is 3.00. The van der Waals surface area contributed by atoms with Crippen molar-refractivity contribution in [2.45, 2.75) is 43.9 Å². The van der Waals surface area contributed by atoms with Crippen molar-refractivity contribution in [1.82, 2.24) is 4.72 Å². The van der Waals surface area contributed by atoms with Gasteiger partial charge in [0.25, 0.3) is 10.0 Å². The van der Waals surface area contributed by atoms with E-state index in [2.05, 4.69) is 4.72 Å². The van der Waals surface area contributed by atoms with Gasteiger partial charge in [-0.25, -0.2) is 13.1 Å². The van der Waals surface area contributed by atoms with Gasteiger partial charge in [0.05, 0.1) is 4.92 Å². The number of nitro groups is 1. The van der Waals surface area contributed by atoms with Gasteiger partial charge in [0.15, 0.2) is 5.00 Å². The molecule has 9 heteroatoms. The molecule has 7 nitrogen and oxygen atoms in total. The maximum Gasteiger partial charge on any atom is 0.304 e. The highest BCUT2D eigenvalue weighted by atomic mass is 32.2. The fourth-order valence-corrected chi connectivity index (χ4v) is 4.59. The van der Waals surface area contributed by atoms with Crippen LogP contribution in [-0.4, -0.2) is 19.4 Å². The zero-order valence-corrected chi connectivity index (χ0v) is 13.3. The van der Waals surface area contributed by atoms with Gasteiger partial charge in [-0.3, -0.25) is 10.1 Å². The number of anilines is 1. The van der Waals surface area contributed by atoms with E-state index in [9.17, 15) is 18.5 Å². The molecule has 20 heavy (non-hydrogen) atoms. The van der Waals surface area contributed by atoms with E-state index >= 15 is 0 Å². The summed E-state index contributed by atoms with van der Waals surface area (Å²) in [6.07, 6.45) is 1.71. The van der Waals surface area contributed by atoms with Gasteiger partial charge < -0.3 is 5.73 Å². The lowest BCUT2D eigenvalue weighted by atomic mass is 9.96. The minimum absolute atomic E-state index is 0.106. The second-order valence-electron chi connectivity index (χ2n) is 4.56. The van der Waals surface area contributed by atoms with E-state index in [4.69, 9.17) is 5.73 Å². The van der Waals surface area contributed by atoms with Gasteiger partial charge >= 0.3 is 5.69 Å². The number of nitrogens with two attached hydrogens (primary N) is 1. The summed E-state index contributed by atoms with van der Waals surface area (Å²) in [5.41, 5.74) is 5.10. The van der Waals surface area contributed by atoms with E-state index in [0.29, 0.717) is 11.3 Å². The summed E-state index contributed by atoms with van der Waals surface area (Å²) >= 11 is 0.704. The van der Waals surface area contributed by atoms with Crippen molar-refractivity contribution < 1.29 is 13.3 Å². The van der Waals surface area contributed by atoms with E-state index in [1.165, 1.54) is 0 Å². The number of nitrogens with one attached hydrogen (secondary N) is 1. The Kier molecular flexibility index (Phi) is 5.49. The topological polar surface area (TPSA) is 115 Å². The second kappa shape index (κ2) is 6.51.